The van der Waals surface area contributed by atoms with Crippen LogP contribution in [0.5, 0.6) is 0 Å². The summed E-state index contributed by atoms with van der Waals surface area (Å²) < 4.78 is 29.2. The molecule has 1 amide bonds. The largest absolute Gasteiger partial charge is 0.322 e. The molecule has 0 saturated carbocycles. The second-order valence-corrected chi connectivity index (χ2v) is 9.49. The molecule has 0 unspecified atom stereocenters. The zero-order valence-electron chi connectivity index (χ0n) is 17.5. The summed E-state index contributed by atoms with van der Waals surface area (Å²) in [7, 11) is -3.56. The van der Waals surface area contributed by atoms with E-state index in [1.54, 1.807) is 29.1 Å². The van der Waals surface area contributed by atoms with Crippen molar-refractivity contribution in [3.05, 3.63) is 72.1 Å². The van der Waals surface area contributed by atoms with Gasteiger partial charge in [-0.25, -0.2) is 13.1 Å². The van der Waals surface area contributed by atoms with Gasteiger partial charge in [-0.1, -0.05) is 37.6 Å². The number of nitrogens with one attached hydrogen (secondary N) is 1. The van der Waals surface area contributed by atoms with Crippen LogP contribution >= 0.6 is 0 Å². The number of amides is 1. The maximum atomic E-state index is 13.0. The van der Waals surface area contributed by atoms with Gasteiger partial charge in [0, 0.05) is 18.8 Å². The molecule has 1 aliphatic heterocycles. The Morgan fingerprint density at radius 1 is 1.03 bits per heavy atom. The molecule has 0 spiro atoms. The molecule has 1 fully saturated rings. The van der Waals surface area contributed by atoms with Crippen molar-refractivity contribution in [3.8, 4) is 5.69 Å². The van der Waals surface area contributed by atoms with Crippen LogP contribution in [0, 0.1) is 0 Å². The first-order chi connectivity index (χ1) is 15.0. The van der Waals surface area contributed by atoms with Crippen LogP contribution in [0.3, 0.4) is 0 Å². The Morgan fingerprint density at radius 3 is 2.48 bits per heavy atom. The highest BCUT2D eigenvalue weighted by atomic mass is 32.2. The van der Waals surface area contributed by atoms with Crippen molar-refractivity contribution in [1.82, 2.24) is 14.1 Å². The lowest BCUT2D eigenvalue weighted by atomic mass is 10.2. The van der Waals surface area contributed by atoms with Crippen molar-refractivity contribution in [3.63, 3.8) is 0 Å². The Labute approximate surface area is 182 Å². The summed E-state index contributed by atoms with van der Waals surface area (Å²) in [5.41, 5.74) is 2.59. The van der Waals surface area contributed by atoms with Gasteiger partial charge < -0.3 is 5.32 Å². The Balaban J connectivity index is 1.57. The highest BCUT2D eigenvalue weighted by Gasteiger charge is 2.26. The highest BCUT2D eigenvalue weighted by Crippen LogP contribution is 2.24. The topological polar surface area (TPSA) is 84.3 Å². The van der Waals surface area contributed by atoms with Gasteiger partial charge in [-0.15, -0.1) is 0 Å². The molecule has 0 atom stereocenters. The quantitative estimate of drug-likeness (QED) is 0.633. The maximum Gasteiger partial charge on any atom is 0.259 e. The Bertz CT molecular complexity index is 1170. The smallest absolute Gasteiger partial charge is 0.259 e. The van der Waals surface area contributed by atoms with E-state index in [4.69, 9.17) is 0 Å². The molecule has 2 aromatic carbocycles. The van der Waals surface area contributed by atoms with Gasteiger partial charge in [-0.05, 0) is 49.6 Å². The van der Waals surface area contributed by atoms with Crippen LogP contribution in [0.2, 0.25) is 0 Å². The van der Waals surface area contributed by atoms with Crippen molar-refractivity contribution in [2.75, 3.05) is 18.4 Å². The number of piperidine rings is 1. The van der Waals surface area contributed by atoms with Gasteiger partial charge in [0.25, 0.3) is 5.91 Å². The summed E-state index contributed by atoms with van der Waals surface area (Å²) >= 11 is 0. The number of benzene rings is 2. The first-order valence-electron chi connectivity index (χ1n) is 10.5. The molecule has 7 nitrogen and oxygen atoms in total. The number of hydrogen-bond acceptors (Lipinski definition) is 4. The SMILES string of the molecule is CCc1c(C(=O)Nc2cccc(S(=O)(=O)N3CCCCC3)c2)cnn1-c1ccccc1. The summed E-state index contributed by atoms with van der Waals surface area (Å²) in [6.07, 6.45) is 4.98. The molecule has 162 valence electrons. The third-order valence-corrected chi connectivity index (χ3v) is 7.39. The number of carbonyl (C=O) groups is 1. The van der Waals surface area contributed by atoms with Gasteiger partial charge in [-0.3, -0.25) is 4.79 Å². The van der Waals surface area contributed by atoms with Crippen molar-refractivity contribution in [2.45, 2.75) is 37.5 Å². The van der Waals surface area contributed by atoms with Crippen LogP contribution in [0.25, 0.3) is 5.69 Å². The van der Waals surface area contributed by atoms with E-state index in [1.165, 1.54) is 10.4 Å². The van der Waals surface area contributed by atoms with Crippen molar-refractivity contribution < 1.29 is 13.2 Å². The summed E-state index contributed by atoms with van der Waals surface area (Å²) in [6.45, 7) is 3.05. The number of aromatic nitrogens is 2. The molecule has 31 heavy (non-hydrogen) atoms. The highest BCUT2D eigenvalue weighted by molar-refractivity contribution is 7.89. The summed E-state index contributed by atoms with van der Waals surface area (Å²) in [5.74, 6) is -0.313. The minimum Gasteiger partial charge on any atom is -0.322 e. The lowest BCUT2D eigenvalue weighted by Gasteiger charge is -2.26. The molecule has 1 aromatic heterocycles. The van der Waals surface area contributed by atoms with E-state index in [0.717, 1.165) is 30.6 Å². The number of sulfonamides is 1. The molecule has 1 aliphatic rings. The molecule has 0 aliphatic carbocycles. The van der Waals surface area contributed by atoms with Crippen LogP contribution in [0.4, 0.5) is 5.69 Å². The summed E-state index contributed by atoms with van der Waals surface area (Å²) in [4.78, 5) is 13.2. The molecule has 2 heterocycles. The van der Waals surface area contributed by atoms with Crippen molar-refractivity contribution in [2.24, 2.45) is 0 Å². The van der Waals surface area contributed by atoms with Crippen LogP contribution in [0.1, 0.15) is 42.2 Å². The molecule has 0 bridgehead atoms. The average molecular weight is 439 g/mol. The van der Waals surface area contributed by atoms with E-state index < -0.39 is 10.0 Å². The van der Waals surface area contributed by atoms with Crippen molar-refractivity contribution >= 4 is 21.6 Å². The number of rotatable bonds is 6. The number of para-hydroxylation sites is 1. The standard InChI is InChI=1S/C23H26N4O3S/c1-2-22-21(17-24-27(22)19-11-5-3-6-12-19)23(28)25-18-10-9-13-20(16-18)31(29,30)26-14-7-4-8-15-26/h3,5-6,9-13,16-17H,2,4,7-8,14-15H2,1H3,(H,25,28). The molecule has 8 heteroatoms. The van der Waals surface area contributed by atoms with Crippen molar-refractivity contribution in [1.29, 1.82) is 0 Å². The molecule has 0 radical (unpaired) electrons. The lowest BCUT2D eigenvalue weighted by Crippen LogP contribution is -2.35. The maximum absolute atomic E-state index is 13.0. The van der Waals surface area contributed by atoms with E-state index in [1.807, 2.05) is 37.3 Å². The number of carbonyl (C=O) groups excluding carboxylic acids is 1. The third-order valence-electron chi connectivity index (χ3n) is 5.49. The predicted octanol–water partition coefficient (Wildman–Crippen LogP) is 3.86. The second kappa shape index (κ2) is 9.03. The van der Waals surface area contributed by atoms with Gasteiger partial charge in [-0.2, -0.15) is 9.40 Å². The van der Waals surface area contributed by atoms with Crippen LogP contribution in [0.15, 0.2) is 65.7 Å². The van der Waals surface area contributed by atoms with Gasteiger partial charge >= 0.3 is 0 Å². The molecule has 4 rings (SSSR count). The lowest BCUT2D eigenvalue weighted by molar-refractivity contribution is 0.102. The zero-order chi connectivity index (χ0) is 21.8. The molecular formula is C23H26N4O3S. The van der Waals surface area contributed by atoms with Crippen LogP contribution in [-0.2, 0) is 16.4 Å². The molecule has 1 saturated heterocycles. The fourth-order valence-electron chi connectivity index (χ4n) is 3.88. The van der Waals surface area contributed by atoms with Gasteiger partial charge in [0.1, 0.15) is 0 Å². The van der Waals surface area contributed by atoms with E-state index in [-0.39, 0.29) is 10.8 Å². The van der Waals surface area contributed by atoms with Crippen LogP contribution < -0.4 is 5.32 Å². The fraction of sp³-hybridized carbons (Fsp3) is 0.304. The summed E-state index contributed by atoms with van der Waals surface area (Å²) in [5, 5.41) is 7.23. The van der Waals surface area contributed by atoms with Gasteiger partial charge in [0.15, 0.2) is 0 Å². The van der Waals surface area contributed by atoms with E-state index in [2.05, 4.69) is 10.4 Å². The second-order valence-electron chi connectivity index (χ2n) is 7.55. The normalized spacial score (nSPS) is 15.0. The number of nitrogens with zero attached hydrogens (tertiary/aromatic N) is 3. The minimum atomic E-state index is -3.56. The number of anilines is 1. The third kappa shape index (κ3) is 4.40. The summed E-state index contributed by atoms with van der Waals surface area (Å²) in [6, 6.07) is 16.1. The predicted molar refractivity (Wildman–Crippen MR) is 120 cm³/mol. The minimum absolute atomic E-state index is 0.197. The van der Waals surface area contributed by atoms with E-state index in [9.17, 15) is 13.2 Å². The molecule has 3 aromatic rings. The number of hydrogen-bond donors (Lipinski definition) is 1. The Hall–Kier alpha value is -2.97. The van der Waals surface area contributed by atoms with Gasteiger partial charge in [0.05, 0.1) is 28.0 Å². The first-order valence-corrected chi connectivity index (χ1v) is 12.0. The average Bonchev–Trinajstić information content (AvgIpc) is 3.25. The monoisotopic (exact) mass is 438 g/mol. The Morgan fingerprint density at radius 2 is 1.77 bits per heavy atom. The first kappa shape index (κ1) is 21.3. The van der Waals surface area contributed by atoms with E-state index >= 15 is 0 Å². The molecular weight excluding hydrogens is 412 g/mol. The molecule has 1 N–H and O–H groups in total. The van der Waals surface area contributed by atoms with Gasteiger partial charge in [0.2, 0.25) is 10.0 Å². The van der Waals surface area contributed by atoms with E-state index in [0.29, 0.717) is 30.8 Å². The van der Waals surface area contributed by atoms with Crippen LogP contribution in [-0.4, -0.2) is 41.5 Å². The fourth-order valence-corrected chi connectivity index (χ4v) is 5.45. The zero-order valence-corrected chi connectivity index (χ0v) is 18.3. The Kier molecular flexibility index (Phi) is 6.20.